The molecule has 1 saturated heterocycles. The van der Waals surface area contributed by atoms with Gasteiger partial charge in [-0.2, -0.15) is 0 Å². The van der Waals surface area contributed by atoms with Crippen LogP contribution in [0, 0.1) is 0 Å². The monoisotopic (exact) mass is 502 g/mol. The van der Waals surface area contributed by atoms with Gasteiger partial charge in [-0.15, -0.1) is 0 Å². The second-order valence-corrected chi connectivity index (χ2v) is 8.84. The predicted molar refractivity (Wildman–Crippen MR) is 139 cm³/mol. The summed E-state index contributed by atoms with van der Waals surface area (Å²) in [5.74, 6) is -0.790. The summed E-state index contributed by atoms with van der Waals surface area (Å²) < 4.78 is 12.4. The molecule has 5 rings (SSSR count). The molecule has 8 heteroatoms. The minimum absolute atomic E-state index is 0.0200. The number of hydrogen-bond donors (Lipinski definition) is 1. The normalized spacial score (nSPS) is 17.1. The summed E-state index contributed by atoms with van der Waals surface area (Å²) in [6.45, 7) is 0. The van der Waals surface area contributed by atoms with E-state index in [0.717, 1.165) is 10.9 Å². The Labute approximate surface area is 212 Å². The number of anilines is 1. The Bertz CT molecular complexity index is 1540. The molecule has 3 aromatic carbocycles. The number of ether oxygens (including phenoxy) is 2. The fourth-order valence-corrected chi connectivity index (χ4v) is 4.95. The zero-order valence-electron chi connectivity index (χ0n) is 19.9. The van der Waals surface area contributed by atoms with Crippen molar-refractivity contribution in [3.8, 4) is 11.5 Å². The Kier molecular flexibility index (Phi) is 5.94. The van der Waals surface area contributed by atoms with Gasteiger partial charge in [-0.1, -0.05) is 29.8 Å². The molecule has 0 saturated carbocycles. The van der Waals surface area contributed by atoms with Crippen molar-refractivity contribution in [3.63, 3.8) is 0 Å². The van der Waals surface area contributed by atoms with E-state index in [-0.39, 0.29) is 16.4 Å². The van der Waals surface area contributed by atoms with Crippen molar-refractivity contribution in [2.45, 2.75) is 6.04 Å². The number of aryl methyl sites for hydroxylation is 1. The number of halogens is 1. The molecule has 182 valence electrons. The number of aliphatic hydroxyl groups excluding tert-OH is 1. The van der Waals surface area contributed by atoms with Crippen LogP contribution in [0.25, 0.3) is 16.7 Å². The van der Waals surface area contributed by atoms with Crippen LogP contribution in [0.3, 0.4) is 0 Å². The molecule has 0 bridgehead atoms. The van der Waals surface area contributed by atoms with Crippen LogP contribution < -0.4 is 14.4 Å². The number of carbonyl (C=O) groups is 2. The number of para-hydroxylation sites is 1. The van der Waals surface area contributed by atoms with Crippen molar-refractivity contribution in [2.24, 2.45) is 7.05 Å². The molecule has 4 aromatic rings. The number of hydrogen-bond acceptors (Lipinski definition) is 5. The fraction of sp³-hybridized carbons (Fsp3) is 0.143. The van der Waals surface area contributed by atoms with Crippen molar-refractivity contribution >= 4 is 45.6 Å². The minimum atomic E-state index is -0.870. The van der Waals surface area contributed by atoms with Gasteiger partial charge in [-0.25, -0.2) is 0 Å². The van der Waals surface area contributed by atoms with E-state index in [1.165, 1.54) is 18.1 Å². The van der Waals surface area contributed by atoms with Crippen LogP contribution in [0.5, 0.6) is 11.5 Å². The lowest BCUT2D eigenvalue weighted by atomic mass is 9.94. The Balaban J connectivity index is 1.77. The zero-order chi connectivity index (χ0) is 25.6. The molecule has 1 aliphatic heterocycles. The van der Waals surface area contributed by atoms with Gasteiger partial charge in [0.2, 0.25) is 0 Å². The van der Waals surface area contributed by atoms with Gasteiger partial charge < -0.3 is 19.1 Å². The van der Waals surface area contributed by atoms with E-state index in [0.29, 0.717) is 28.3 Å². The molecule has 1 aliphatic rings. The first-order valence-corrected chi connectivity index (χ1v) is 11.6. The molecular formula is C28H23ClN2O5. The summed E-state index contributed by atoms with van der Waals surface area (Å²) in [4.78, 5) is 28.3. The number of benzene rings is 3. The van der Waals surface area contributed by atoms with Gasteiger partial charge >= 0.3 is 0 Å². The molecule has 1 unspecified atom stereocenters. The van der Waals surface area contributed by atoms with E-state index in [9.17, 15) is 14.7 Å². The van der Waals surface area contributed by atoms with E-state index in [2.05, 4.69) is 0 Å². The molecule has 36 heavy (non-hydrogen) atoms. The van der Waals surface area contributed by atoms with Gasteiger partial charge in [0.05, 0.1) is 30.9 Å². The number of aliphatic hydroxyl groups is 1. The molecule has 2 heterocycles. The number of ketones is 1. The van der Waals surface area contributed by atoms with Gasteiger partial charge in [0.1, 0.15) is 17.3 Å². The van der Waals surface area contributed by atoms with E-state index in [4.69, 9.17) is 21.1 Å². The van der Waals surface area contributed by atoms with Crippen LogP contribution in [-0.2, 0) is 16.6 Å². The smallest absolute Gasteiger partial charge is 0.300 e. The lowest BCUT2D eigenvalue weighted by molar-refractivity contribution is -0.132. The van der Waals surface area contributed by atoms with Crippen LogP contribution in [0.15, 0.2) is 78.5 Å². The Hall–Kier alpha value is -4.23. The summed E-state index contributed by atoms with van der Waals surface area (Å²) in [7, 11) is 4.94. The van der Waals surface area contributed by atoms with Crippen molar-refractivity contribution in [1.82, 2.24) is 4.57 Å². The van der Waals surface area contributed by atoms with Crippen LogP contribution in [0.2, 0.25) is 5.02 Å². The molecule has 1 aromatic heterocycles. The van der Waals surface area contributed by atoms with Crippen LogP contribution in [-0.4, -0.2) is 35.6 Å². The van der Waals surface area contributed by atoms with Gasteiger partial charge in [0.15, 0.2) is 0 Å². The average Bonchev–Trinajstić information content (AvgIpc) is 3.36. The summed E-state index contributed by atoms with van der Waals surface area (Å²) in [5.41, 5.74) is 2.43. The van der Waals surface area contributed by atoms with Crippen LogP contribution in [0.4, 0.5) is 5.69 Å². The Morgan fingerprint density at radius 2 is 1.69 bits per heavy atom. The van der Waals surface area contributed by atoms with Gasteiger partial charge in [-0.3, -0.25) is 14.5 Å². The number of rotatable bonds is 5. The number of aromatic nitrogens is 1. The summed E-state index contributed by atoms with van der Waals surface area (Å²) >= 11 is 6.30. The van der Waals surface area contributed by atoms with E-state index >= 15 is 0 Å². The van der Waals surface area contributed by atoms with Crippen LogP contribution >= 0.6 is 11.6 Å². The maximum absolute atomic E-state index is 13.5. The first-order valence-electron chi connectivity index (χ1n) is 11.2. The molecular weight excluding hydrogens is 480 g/mol. The molecule has 0 spiro atoms. The Morgan fingerprint density at radius 3 is 2.36 bits per heavy atom. The third-order valence-electron chi connectivity index (χ3n) is 6.44. The maximum Gasteiger partial charge on any atom is 0.300 e. The highest BCUT2D eigenvalue weighted by atomic mass is 35.5. The number of nitrogens with zero attached hydrogens (tertiary/aromatic N) is 2. The molecule has 1 N–H and O–H groups in total. The Morgan fingerprint density at radius 1 is 0.972 bits per heavy atom. The highest BCUT2D eigenvalue weighted by molar-refractivity contribution is 6.52. The predicted octanol–water partition coefficient (Wildman–Crippen LogP) is 5.48. The van der Waals surface area contributed by atoms with E-state index < -0.39 is 17.7 Å². The minimum Gasteiger partial charge on any atom is -0.507 e. The third-order valence-corrected chi connectivity index (χ3v) is 6.74. The first kappa shape index (κ1) is 23.5. The lowest BCUT2D eigenvalue weighted by Gasteiger charge is -2.25. The number of Topliss-reactive ketones (excluding diaryl/α,β-unsaturated/α-hetero) is 1. The van der Waals surface area contributed by atoms with Crippen LogP contribution in [0.1, 0.15) is 17.2 Å². The first-order chi connectivity index (χ1) is 17.3. The third kappa shape index (κ3) is 3.69. The topological polar surface area (TPSA) is 81.0 Å². The molecule has 1 fully saturated rings. The standard InChI is InChI=1S/C28H23ClN2O5/c1-30-15-20(19-6-4-5-7-22(19)30)25-24(26(32)16-8-13-23(36-3)21(29)14-16)27(33)28(34)31(25)17-9-11-18(35-2)12-10-17/h4-15,25,32H,1-3H3/b26-24+. The highest BCUT2D eigenvalue weighted by Crippen LogP contribution is 2.45. The van der Waals surface area contributed by atoms with Crippen molar-refractivity contribution in [1.29, 1.82) is 0 Å². The highest BCUT2D eigenvalue weighted by Gasteiger charge is 2.48. The van der Waals surface area contributed by atoms with E-state index in [1.54, 1.807) is 43.5 Å². The SMILES string of the molecule is COc1ccc(N2C(=O)C(=O)/C(=C(/O)c3ccc(OC)c(Cl)c3)C2c2cn(C)c3ccccc23)cc1. The average molecular weight is 503 g/mol. The van der Waals surface area contributed by atoms with Crippen molar-refractivity contribution in [2.75, 3.05) is 19.1 Å². The second kappa shape index (κ2) is 9.09. The number of carbonyl (C=O) groups excluding carboxylic acids is 2. The zero-order valence-corrected chi connectivity index (χ0v) is 20.6. The van der Waals surface area contributed by atoms with Gasteiger partial charge in [-0.05, 0) is 48.5 Å². The quantitative estimate of drug-likeness (QED) is 0.222. The number of amides is 1. The second-order valence-electron chi connectivity index (χ2n) is 8.43. The summed E-state index contributed by atoms with van der Waals surface area (Å²) in [6.07, 6.45) is 1.88. The van der Waals surface area contributed by atoms with Crippen molar-refractivity contribution in [3.05, 3.63) is 94.6 Å². The molecule has 7 nitrogen and oxygen atoms in total. The van der Waals surface area contributed by atoms with Gasteiger partial charge in [0, 0.05) is 41.0 Å². The number of methoxy groups -OCH3 is 2. The summed E-state index contributed by atoms with van der Waals surface area (Å²) in [5, 5.41) is 12.5. The molecule has 0 aliphatic carbocycles. The lowest BCUT2D eigenvalue weighted by Crippen LogP contribution is -2.29. The molecule has 1 atom stereocenters. The van der Waals surface area contributed by atoms with Crippen molar-refractivity contribution < 1.29 is 24.2 Å². The largest absolute Gasteiger partial charge is 0.507 e. The fourth-order valence-electron chi connectivity index (χ4n) is 4.70. The summed E-state index contributed by atoms with van der Waals surface area (Å²) in [6, 6.07) is 18.4. The maximum atomic E-state index is 13.5. The molecule has 0 radical (unpaired) electrons. The molecule has 1 amide bonds. The van der Waals surface area contributed by atoms with Gasteiger partial charge in [0.25, 0.3) is 11.7 Å². The van der Waals surface area contributed by atoms with E-state index in [1.807, 2.05) is 42.1 Å². The number of fused-ring (bicyclic) bond motifs is 1.